The Morgan fingerprint density at radius 3 is 2.37 bits per heavy atom. The van der Waals surface area contributed by atoms with Gasteiger partial charge in [0.05, 0.1) is 40.3 Å². The zero-order valence-electron chi connectivity index (χ0n) is 19.1. The number of carbonyl (C=O) groups excluding carboxylic acids is 1. The highest BCUT2D eigenvalue weighted by Crippen LogP contribution is 2.43. The molecule has 0 unspecified atom stereocenters. The van der Waals surface area contributed by atoms with Gasteiger partial charge in [0.25, 0.3) is 5.69 Å². The van der Waals surface area contributed by atoms with Gasteiger partial charge in [0.2, 0.25) is 5.88 Å². The van der Waals surface area contributed by atoms with Gasteiger partial charge in [-0.05, 0) is 37.3 Å². The minimum absolute atomic E-state index is 0.0592. The summed E-state index contributed by atoms with van der Waals surface area (Å²) in [6, 6.07) is 20.4. The first kappa shape index (κ1) is 23.8. The summed E-state index contributed by atoms with van der Waals surface area (Å²) in [6.07, 6.45) is 0. The minimum atomic E-state index is -0.692. The van der Waals surface area contributed by atoms with Gasteiger partial charge < -0.3 is 14.2 Å². The van der Waals surface area contributed by atoms with Gasteiger partial charge in [-0.15, -0.1) is 0 Å². The summed E-state index contributed by atoms with van der Waals surface area (Å²) < 4.78 is 18.1. The van der Waals surface area contributed by atoms with Crippen LogP contribution in [0.3, 0.4) is 0 Å². The third-order valence-corrected chi connectivity index (χ3v) is 6.29. The molecule has 0 saturated heterocycles. The van der Waals surface area contributed by atoms with Crippen LogP contribution in [0.1, 0.15) is 16.1 Å². The third kappa shape index (κ3) is 4.82. The first-order chi connectivity index (χ1) is 16.9. The Kier molecular flexibility index (Phi) is 7.02. The molecule has 0 N–H and O–H groups in total. The quantitative estimate of drug-likeness (QED) is 0.181. The fraction of sp³-hybridized carbons (Fsp3) is 0.120. The van der Waals surface area contributed by atoms with Crippen LogP contribution in [-0.2, 0) is 0 Å². The Morgan fingerprint density at radius 2 is 1.69 bits per heavy atom. The van der Waals surface area contributed by atoms with Crippen molar-refractivity contribution < 1.29 is 23.9 Å². The van der Waals surface area contributed by atoms with Crippen molar-refractivity contribution in [3.8, 4) is 23.1 Å². The van der Waals surface area contributed by atoms with E-state index in [0.717, 1.165) is 11.8 Å². The topological polar surface area (TPSA) is 106 Å². The van der Waals surface area contributed by atoms with Crippen LogP contribution in [0, 0.1) is 17.0 Å². The number of ether oxygens (including phenoxy) is 3. The molecule has 178 valence electrons. The number of nitro groups is 1. The second-order valence-corrected chi connectivity index (χ2v) is 8.28. The summed E-state index contributed by atoms with van der Waals surface area (Å²) >= 11 is 1.11. The lowest BCUT2D eigenvalue weighted by atomic mass is 10.2. The van der Waals surface area contributed by atoms with Crippen molar-refractivity contribution in [2.45, 2.75) is 16.7 Å². The maximum atomic E-state index is 13.3. The molecule has 9 nitrogen and oxygen atoms in total. The van der Waals surface area contributed by atoms with Crippen LogP contribution in [0.5, 0.6) is 17.4 Å². The fourth-order valence-corrected chi connectivity index (χ4v) is 4.46. The molecule has 0 aliphatic carbocycles. The predicted octanol–water partition coefficient (Wildman–Crippen LogP) is 5.48. The SMILES string of the molecule is COc1cccc(C(=O)Oc2c(Sc3ccccc3[N+](=O)[O-])c(C)nn2-c2ccccc2)c1OC. The standard InChI is InChI=1S/C25H21N3O6S/c1-16-23(35-21-15-8-7-13-19(21)28(30)31)24(27(26-16)17-10-5-4-6-11-17)34-25(29)18-12-9-14-20(32-2)22(18)33-3/h4-15H,1-3H3. The van der Waals surface area contributed by atoms with E-state index in [4.69, 9.17) is 14.2 Å². The molecule has 10 heteroatoms. The van der Waals surface area contributed by atoms with Crippen LogP contribution >= 0.6 is 11.8 Å². The molecular weight excluding hydrogens is 470 g/mol. The van der Waals surface area contributed by atoms with E-state index in [0.29, 0.717) is 26.9 Å². The molecule has 0 aliphatic rings. The molecule has 35 heavy (non-hydrogen) atoms. The van der Waals surface area contributed by atoms with E-state index in [9.17, 15) is 14.9 Å². The van der Waals surface area contributed by atoms with Gasteiger partial charge in [-0.25, -0.2) is 4.79 Å². The fourth-order valence-electron chi connectivity index (χ4n) is 3.44. The number of aryl methyl sites for hydroxylation is 1. The Balaban J connectivity index is 1.83. The Labute approximate surface area is 205 Å². The number of esters is 1. The second-order valence-electron chi connectivity index (χ2n) is 7.22. The van der Waals surface area contributed by atoms with Crippen molar-refractivity contribution in [1.82, 2.24) is 9.78 Å². The van der Waals surface area contributed by atoms with E-state index in [1.165, 1.54) is 25.0 Å². The summed E-state index contributed by atoms with van der Waals surface area (Å²) in [7, 11) is 2.91. The Morgan fingerprint density at radius 1 is 0.971 bits per heavy atom. The van der Waals surface area contributed by atoms with Crippen LogP contribution < -0.4 is 14.2 Å². The predicted molar refractivity (Wildman–Crippen MR) is 130 cm³/mol. The van der Waals surface area contributed by atoms with Gasteiger partial charge in [0.15, 0.2) is 11.5 Å². The average molecular weight is 492 g/mol. The van der Waals surface area contributed by atoms with Crippen molar-refractivity contribution in [2.24, 2.45) is 0 Å². The van der Waals surface area contributed by atoms with Gasteiger partial charge >= 0.3 is 5.97 Å². The monoisotopic (exact) mass is 491 g/mol. The van der Waals surface area contributed by atoms with E-state index < -0.39 is 10.9 Å². The van der Waals surface area contributed by atoms with E-state index in [1.54, 1.807) is 43.3 Å². The van der Waals surface area contributed by atoms with Gasteiger partial charge in [-0.3, -0.25) is 10.1 Å². The molecule has 0 aliphatic heterocycles. The number of para-hydroxylation sites is 3. The molecule has 0 fully saturated rings. The zero-order valence-corrected chi connectivity index (χ0v) is 19.9. The van der Waals surface area contributed by atoms with Gasteiger partial charge in [0, 0.05) is 6.07 Å². The lowest BCUT2D eigenvalue weighted by Gasteiger charge is -2.13. The normalized spacial score (nSPS) is 10.6. The van der Waals surface area contributed by atoms with E-state index in [2.05, 4.69) is 5.10 Å². The lowest BCUT2D eigenvalue weighted by molar-refractivity contribution is -0.387. The molecule has 4 aromatic rings. The van der Waals surface area contributed by atoms with Gasteiger partial charge in [0.1, 0.15) is 5.56 Å². The lowest BCUT2D eigenvalue weighted by Crippen LogP contribution is -2.14. The molecule has 0 bridgehead atoms. The van der Waals surface area contributed by atoms with Crippen LogP contribution in [-0.4, -0.2) is 34.9 Å². The van der Waals surface area contributed by atoms with Gasteiger partial charge in [-0.2, -0.15) is 9.78 Å². The largest absolute Gasteiger partial charge is 0.493 e. The van der Waals surface area contributed by atoms with Crippen LogP contribution in [0.4, 0.5) is 5.69 Å². The molecule has 1 aromatic heterocycles. The smallest absolute Gasteiger partial charge is 0.348 e. The van der Waals surface area contributed by atoms with Crippen LogP contribution in [0.2, 0.25) is 0 Å². The summed E-state index contributed by atoms with van der Waals surface area (Å²) in [6.45, 7) is 1.75. The number of nitrogens with zero attached hydrogens (tertiary/aromatic N) is 3. The van der Waals surface area contributed by atoms with Crippen LogP contribution in [0.15, 0.2) is 82.6 Å². The summed E-state index contributed by atoms with van der Waals surface area (Å²) in [5.74, 6) is 0.0496. The highest BCUT2D eigenvalue weighted by atomic mass is 32.2. The average Bonchev–Trinajstić information content (AvgIpc) is 3.18. The number of carbonyl (C=O) groups is 1. The molecular formula is C25H21N3O6S. The number of methoxy groups -OCH3 is 2. The van der Waals surface area contributed by atoms with Gasteiger partial charge in [-0.1, -0.05) is 48.2 Å². The first-order valence-corrected chi connectivity index (χ1v) is 11.3. The molecule has 4 rings (SSSR count). The highest BCUT2D eigenvalue weighted by molar-refractivity contribution is 7.99. The Bertz CT molecular complexity index is 1390. The molecule has 0 spiro atoms. The van der Waals surface area contributed by atoms with E-state index in [1.807, 2.05) is 30.3 Å². The molecule has 0 radical (unpaired) electrons. The van der Waals surface area contributed by atoms with Crippen LogP contribution in [0.25, 0.3) is 5.69 Å². The molecule has 0 saturated carbocycles. The van der Waals surface area contributed by atoms with Crippen molar-refractivity contribution in [1.29, 1.82) is 0 Å². The van der Waals surface area contributed by atoms with E-state index >= 15 is 0 Å². The van der Waals surface area contributed by atoms with Crippen molar-refractivity contribution >= 4 is 23.4 Å². The second kappa shape index (κ2) is 10.3. The molecule has 1 heterocycles. The number of nitro benzene ring substituents is 1. The highest BCUT2D eigenvalue weighted by Gasteiger charge is 2.27. The first-order valence-electron chi connectivity index (χ1n) is 10.4. The van der Waals surface area contributed by atoms with Crippen molar-refractivity contribution in [2.75, 3.05) is 14.2 Å². The summed E-state index contributed by atoms with van der Waals surface area (Å²) in [5, 5.41) is 16.1. The maximum absolute atomic E-state index is 13.3. The molecule has 0 amide bonds. The van der Waals surface area contributed by atoms with Crippen molar-refractivity contribution in [3.05, 3.63) is 94.2 Å². The number of rotatable bonds is 8. The number of hydrogen-bond acceptors (Lipinski definition) is 8. The summed E-state index contributed by atoms with van der Waals surface area (Å²) in [4.78, 5) is 25.3. The number of aromatic nitrogens is 2. The maximum Gasteiger partial charge on any atom is 0.348 e. The number of benzene rings is 3. The zero-order chi connectivity index (χ0) is 24.9. The molecule has 0 atom stereocenters. The van der Waals surface area contributed by atoms with E-state index in [-0.39, 0.29) is 22.9 Å². The molecule has 3 aromatic carbocycles. The Hall–Kier alpha value is -4.31. The minimum Gasteiger partial charge on any atom is -0.493 e. The van der Waals surface area contributed by atoms with Crippen molar-refractivity contribution in [3.63, 3.8) is 0 Å². The third-order valence-electron chi connectivity index (χ3n) is 5.05. The number of hydrogen-bond donors (Lipinski definition) is 0. The summed E-state index contributed by atoms with van der Waals surface area (Å²) in [5.41, 5.74) is 1.30.